The van der Waals surface area contributed by atoms with Crippen LogP contribution in [0, 0.1) is 0 Å². The van der Waals surface area contributed by atoms with Gasteiger partial charge in [0.05, 0.1) is 7.11 Å². The van der Waals surface area contributed by atoms with Crippen LogP contribution < -0.4 is 9.47 Å². The van der Waals surface area contributed by atoms with Crippen LogP contribution in [0.4, 0.5) is 0 Å². The van der Waals surface area contributed by atoms with Crippen molar-refractivity contribution in [1.82, 2.24) is 9.80 Å². The van der Waals surface area contributed by atoms with E-state index in [4.69, 9.17) is 21.1 Å². The van der Waals surface area contributed by atoms with Gasteiger partial charge in [0.2, 0.25) is 0 Å². The SMILES string of the molecule is COc1cc(C(C)=O)ccc1OCC(=O)N1CCN(Cc2ccc(Cl)cc2)CC1. The van der Waals surface area contributed by atoms with E-state index in [0.717, 1.165) is 24.7 Å². The fourth-order valence-electron chi connectivity index (χ4n) is 3.24. The molecule has 0 N–H and O–H groups in total. The van der Waals surface area contributed by atoms with E-state index in [1.165, 1.54) is 19.6 Å². The number of methoxy groups -OCH3 is 1. The van der Waals surface area contributed by atoms with E-state index in [1.54, 1.807) is 18.2 Å². The van der Waals surface area contributed by atoms with Crippen LogP contribution in [-0.2, 0) is 11.3 Å². The molecule has 3 rings (SSSR count). The van der Waals surface area contributed by atoms with Crippen molar-refractivity contribution in [3.63, 3.8) is 0 Å². The number of carbonyl (C=O) groups is 2. The molecule has 0 aromatic heterocycles. The van der Waals surface area contributed by atoms with Crippen molar-refractivity contribution in [2.75, 3.05) is 39.9 Å². The maximum Gasteiger partial charge on any atom is 0.260 e. The molecular formula is C22H25ClN2O4. The van der Waals surface area contributed by atoms with E-state index in [1.807, 2.05) is 29.2 Å². The molecule has 0 spiro atoms. The number of hydrogen-bond acceptors (Lipinski definition) is 5. The highest BCUT2D eigenvalue weighted by Gasteiger charge is 2.22. The minimum absolute atomic E-state index is 0.0533. The molecule has 0 bridgehead atoms. The Kier molecular flexibility index (Phi) is 7.12. The van der Waals surface area contributed by atoms with Crippen LogP contribution in [0.1, 0.15) is 22.8 Å². The topological polar surface area (TPSA) is 59.1 Å². The maximum absolute atomic E-state index is 12.5. The van der Waals surface area contributed by atoms with Gasteiger partial charge in [0.25, 0.3) is 5.91 Å². The third kappa shape index (κ3) is 5.71. The highest BCUT2D eigenvalue weighted by molar-refractivity contribution is 6.30. The predicted molar refractivity (Wildman–Crippen MR) is 112 cm³/mol. The number of ether oxygens (including phenoxy) is 2. The number of hydrogen-bond donors (Lipinski definition) is 0. The molecule has 1 aliphatic heterocycles. The number of Topliss-reactive ketones (excluding diaryl/α,β-unsaturated/α-hetero) is 1. The van der Waals surface area contributed by atoms with Gasteiger partial charge in [-0.2, -0.15) is 0 Å². The molecule has 1 saturated heterocycles. The number of piperazine rings is 1. The first kappa shape index (κ1) is 21.1. The molecule has 0 atom stereocenters. The molecule has 1 amide bonds. The summed E-state index contributed by atoms with van der Waals surface area (Å²) < 4.78 is 10.9. The summed E-state index contributed by atoms with van der Waals surface area (Å²) in [6.45, 7) is 5.22. The first-order valence-electron chi connectivity index (χ1n) is 9.52. The maximum atomic E-state index is 12.5. The van der Waals surface area contributed by atoms with Crippen LogP contribution in [0.2, 0.25) is 5.02 Å². The van der Waals surface area contributed by atoms with Gasteiger partial charge in [0.15, 0.2) is 23.9 Å². The zero-order chi connectivity index (χ0) is 20.8. The highest BCUT2D eigenvalue weighted by atomic mass is 35.5. The van der Waals surface area contributed by atoms with E-state index in [-0.39, 0.29) is 18.3 Å². The Morgan fingerprint density at radius 3 is 2.31 bits per heavy atom. The Balaban J connectivity index is 1.48. The number of benzene rings is 2. The molecule has 1 aliphatic rings. The summed E-state index contributed by atoms with van der Waals surface area (Å²) in [7, 11) is 1.51. The second-order valence-electron chi connectivity index (χ2n) is 6.99. The molecule has 0 unspecified atom stereocenters. The van der Waals surface area contributed by atoms with Gasteiger partial charge in [0.1, 0.15) is 0 Å². The first-order chi connectivity index (χ1) is 14.0. The Morgan fingerprint density at radius 1 is 1.00 bits per heavy atom. The van der Waals surface area contributed by atoms with Crippen molar-refractivity contribution in [3.8, 4) is 11.5 Å². The van der Waals surface area contributed by atoms with E-state index in [9.17, 15) is 9.59 Å². The van der Waals surface area contributed by atoms with Gasteiger partial charge < -0.3 is 14.4 Å². The van der Waals surface area contributed by atoms with Gasteiger partial charge in [-0.1, -0.05) is 23.7 Å². The lowest BCUT2D eigenvalue weighted by Crippen LogP contribution is -2.49. The zero-order valence-electron chi connectivity index (χ0n) is 16.7. The Bertz CT molecular complexity index is 862. The quantitative estimate of drug-likeness (QED) is 0.648. The van der Waals surface area contributed by atoms with E-state index < -0.39 is 0 Å². The van der Waals surface area contributed by atoms with Crippen molar-refractivity contribution in [2.45, 2.75) is 13.5 Å². The van der Waals surface area contributed by atoms with E-state index >= 15 is 0 Å². The average Bonchev–Trinajstić information content (AvgIpc) is 2.74. The molecule has 2 aromatic rings. The Labute approximate surface area is 176 Å². The molecular weight excluding hydrogens is 392 g/mol. The third-order valence-electron chi connectivity index (χ3n) is 4.97. The first-order valence-corrected chi connectivity index (χ1v) is 9.90. The van der Waals surface area contributed by atoms with Gasteiger partial charge in [-0.05, 0) is 42.8 Å². The lowest BCUT2D eigenvalue weighted by Gasteiger charge is -2.34. The minimum atomic E-state index is -0.0625. The molecule has 29 heavy (non-hydrogen) atoms. The van der Waals surface area contributed by atoms with Crippen LogP contribution in [0.3, 0.4) is 0 Å². The van der Waals surface area contributed by atoms with Crippen LogP contribution in [0.5, 0.6) is 11.5 Å². The number of halogens is 1. The second kappa shape index (κ2) is 9.76. The molecule has 2 aromatic carbocycles. The summed E-state index contributed by atoms with van der Waals surface area (Å²) in [4.78, 5) is 28.1. The highest BCUT2D eigenvalue weighted by Crippen LogP contribution is 2.28. The molecule has 7 heteroatoms. The Hall–Kier alpha value is -2.57. The summed E-state index contributed by atoms with van der Waals surface area (Å²) in [5.41, 5.74) is 1.75. The number of ketones is 1. The lowest BCUT2D eigenvalue weighted by atomic mass is 10.1. The van der Waals surface area contributed by atoms with Crippen LogP contribution in [0.25, 0.3) is 0 Å². The zero-order valence-corrected chi connectivity index (χ0v) is 17.4. The second-order valence-corrected chi connectivity index (χ2v) is 7.43. The largest absolute Gasteiger partial charge is 0.493 e. The normalized spacial score (nSPS) is 14.5. The number of nitrogens with zero attached hydrogens (tertiary/aromatic N) is 2. The number of amides is 1. The van der Waals surface area contributed by atoms with Gasteiger partial charge in [-0.3, -0.25) is 14.5 Å². The van der Waals surface area contributed by atoms with Crippen molar-refractivity contribution in [3.05, 3.63) is 58.6 Å². The van der Waals surface area contributed by atoms with Crippen molar-refractivity contribution in [1.29, 1.82) is 0 Å². The summed E-state index contributed by atoms with van der Waals surface area (Å²) in [5, 5.41) is 0.733. The van der Waals surface area contributed by atoms with Gasteiger partial charge in [0, 0.05) is 43.3 Å². The third-order valence-corrected chi connectivity index (χ3v) is 5.22. The van der Waals surface area contributed by atoms with Crippen molar-refractivity contribution in [2.24, 2.45) is 0 Å². The van der Waals surface area contributed by atoms with Crippen molar-refractivity contribution < 1.29 is 19.1 Å². The van der Waals surface area contributed by atoms with E-state index in [0.29, 0.717) is 30.2 Å². The molecule has 154 valence electrons. The van der Waals surface area contributed by atoms with Gasteiger partial charge >= 0.3 is 0 Å². The summed E-state index contributed by atoms with van der Waals surface area (Å²) in [5.74, 6) is 0.779. The lowest BCUT2D eigenvalue weighted by molar-refractivity contribution is -0.135. The minimum Gasteiger partial charge on any atom is -0.493 e. The monoisotopic (exact) mass is 416 g/mol. The summed E-state index contributed by atoms with van der Waals surface area (Å²) in [6.07, 6.45) is 0. The number of carbonyl (C=O) groups excluding carboxylic acids is 2. The van der Waals surface area contributed by atoms with Crippen molar-refractivity contribution >= 4 is 23.3 Å². The van der Waals surface area contributed by atoms with Crippen LogP contribution >= 0.6 is 11.6 Å². The standard InChI is InChI=1S/C22H25ClN2O4/c1-16(26)18-5-8-20(21(13-18)28-2)29-15-22(27)25-11-9-24(10-12-25)14-17-3-6-19(23)7-4-17/h3-8,13H,9-12,14-15H2,1-2H3. The van der Waals surface area contributed by atoms with Gasteiger partial charge in [-0.15, -0.1) is 0 Å². The Morgan fingerprint density at radius 2 is 1.69 bits per heavy atom. The summed E-state index contributed by atoms with van der Waals surface area (Å²) in [6, 6.07) is 12.8. The molecule has 0 saturated carbocycles. The average molecular weight is 417 g/mol. The van der Waals surface area contributed by atoms with Crippen LogP contribution in [-0.4, -0.2) is 61.4 Å². The molecule has 0 aliphatic carbocycles. The molecule has 1 heterocycles. The molecule has 6 nitrogen and oxygen atoms in total. The van der Waals surface area contributed by atoms with E-state index in [2.05, 4.69) is 4.90 Å². The summed E-state index contributed by atoms with van der Waals surface area (Å²) >= 11 is 5.93. The molecule has 1 fully saturated rings. The van der Waals surface area contributed by atoms with Crippen LogP contribution in [0.15, 0.2) is 42.5 Å². The smallest absolute Gasteiger partial charge is 0.260 e. The predicted octanol–water partition coefficient (Wildman–Crippen LogP) is 3.27. The molecule has 0 radical (unpaired) electrons. The van der Waals surface area contributed by atoms with Gasteiger partial charge in [-0.25, -0.2) is 0 Å². The fourth-order valence-corrected chi connectivity index (χ4v) is 3.37. The fraction of sp³-hybridized carbons (Fsp3) is 0.364. The number of rotatable bonds is 7.